The van der Waals surface area contributed by atoms with Gasteiger partial charge in [0.25, 0.3) is 0 Å². The third kappa shape index (κ3) is 4.07. The minimum absolute atomic E-state index is 0.193. The van der Waals surface area contributed by atoms with Crippen LogP contribution in [-0.2, 0) is 6.42 Å². The molecule has 2 rings (SSSR count). The molecule has 0 saturated carbocycles. The quantitative estimate of drug-likeness (QED) is 0.860. The molecule has 0 aliphatic carbocycles. The fourth-order valence-corrected chi connectivity index (χ4v) is 3.54. The molecule has 2 atom stereocenters. The lowest BCUT2D eigenvalue weighted by molar-refractivity contribution is 0.188. The standard InChI is InChI=1S/C17H23ClN2S/c1-12-6-7-14(10-16(12)18)17(11-19)20(3)13(2)9-15-5-4-8-21-15/h4-8,10,13,17H,9,11,19H2,1-3H3. The normalized spacial score (nSPS) is 14.4. The number of hydrogen-bond donors (Lipinski definition) is 1. The summed E-state index contributed by atoms with van der Waals surface area (Å²) in [5.41, 5.74) is 8.31. The van der Waals surface area contributed by atoms with Gasteiger partial charge >= 0.3 is 0 Å². The maximum Gasteiger partial charge on any atom is 0.0470 e. The van der Waals surface area contributed by atoms with Gasteiger partial charge in [0.1, 0.15) is 0 Å². The van der Waals surface area contributed by atoms with Gasteiger partial charge in [-0.3, -0.25) is 4.90 Å². The second-order valence-corrected chi connectivity index (χ2v) is 7.00. The largest absolute Gasteiger partial charge is 0.329 e. The van der Waals surface area contributed by atoms with Crippen molar-refractivity contribution in [2.45, 2.75) is 32.4 Å². The predicted molar refractivity (Wildman–Crippen MR) is 93.2 cm³/mol. The van der Waals surface area contributed by atoms with Crippen LogP contribution in [0.2, 0.25) is 5.02 Å². The van der Waals surface area contributed by atoms with Crippen molar-refractivity contribution in [3.63, 3.8) is 0 Å². The molecule has 2 nitrogen and oxygen atoms in total. The third-order valence-corrected chi connectivity index (χ3v) is 5.37. The molecule has 1 aromatic heterocycles. The molecule has 0 bridgehead atoms. The van der Waals surface area contributed by atoms with Crippen LogP contribution in [0.3, 0.4) is 0 Å². The summed E-state index contributed by atoms with van der Waals surface area (Å²) in [5.74, 6) is 0. The fourth-order valence-electron chi connectivity index (χ4n) is 2.52. The van der Waals surface area contributed by atoms with Gasteiger partial charge in [0.05, 0.1) is 0 Å². The highest BCUT2D eigenvalue weighted by molar-refractivity contribution is 7.09. The number of thiophene rings is 1. The summed E-state index contributed by atoms with van der Waals surface area (Å²) in [5, 5.41) is 2.94. The zero-order valence-electron chi connectivity index (χ0n) is 12.8. The zero-order chi connectivity index (χ0) is 15.4. The fraction of sp³-hybridized carbons (Fsp3) is 0.412. The Morgan fingerprint density at radius 1 is 1.33 bits per heavy atom. The smallest absolute Gasteiger partial charge is 0.0470 e. The Hall–Kier alpha value is -0.870. The van der Waals surface area contributed by atoms with Crippen LogP contribution in [0.1, 0.15) is 29.0 Å². The number of benzene rings is 1. The van der Waals surface area contributed by atoms with Crippen LogP contribution in [0.5, 0.6) is 0 Å². The summed E-state index contributed by atoms with van der Waals surface area (Å²) in [6, 6.07) is 11.2. The van der Waals surface area contributed by atoms with Crippen LogP contribution >= 0.6 is 22.9 Å². The molecule has 2 N–H and O–H groups in total. The highest BCUT2D eigenvalue weighted by Gasteiger charge is 2.21. The van der Waals surface area contributed by atoms with Crippen molar-refractivity contribution in [2.24, 2.45) is 5.73 Å². The number of likely N-dealkylation sites (N-methyl/N-ethyl adjacent to an activating group) is 1. The van der Waals surface area contributed by atoms with Crippen LogP contribution < -0.4 is 5.73 Å². The van der Waals surface area contributed by atoms with Gasteiger partial charge in [0.15, 0.2) is 0 Å². The van der Waals surface area contributed by atoms with Crippen molar-refractivity contribution in [2.75, 3.05) is 13.6 Å². The molecule has 1 heterocycles. The summed E-state index contributed by atoms with van der Waals surface area (Å²) in [6.45, 7) is 4.86. The van der Waals surface area contributed by atoms with Gasteiger partial charge in [0.2, 0.25) is 0 Å². The molecule has 0 amide bonds. The van der Waals surface area contributed by atoms with Crippen LogP contribution in [-0.4, -0.2) is 24.5 Å². The van der Waals surface area contributed by atoms with E-state index in [1.54, 1.807) is 0 Å². The van der Waals surface area contributed by atoms with E-state index in [1.165, 1.54) is 10.4 Å². The van der Waals surface area contributed by atoms with Gasteiger partial charge in [-0.15, -0.1) is 11.3 Å². The number of nitrogens with zero attached hydrogens (tertiary/aromatic N) is 1. The van der Waals surface area contributed by atoms with Crippen LogP contribution in [0.15, 0.2) is 35.7 Å². The average molecular weight is 323 g/mol. The van der Waals surface area contributed by atoms with Crippen molar-refractivity contribution < 1.29 is 0 Å². The first-order valence-electron chi connectivity index (χ1n) is 7.23. The van der Waals surface area contributed by atoms with Crippen LogP contribution in [0.25, 0.3) is 0 Å². The number of nitrogens with two attached hydrogens (primary N) is 1. The molecule has 2 aromatic rings. The first kappa shape index (κ1) is 16.5. The first-order chi connectivity index (χ1) is 10.0. The third-order valence-electron chi connectivity index (χ3n) is 4.07. The van der Waals surface area contributed by atoms with Crippen LogP contribution in [0.4, 0.5) is 0 Å². The lowest BCUT2D eigenvalue weighted by Gasteiger charge is -2.33. The maximum absolute atomic E-state index is 6.26. The Labute approximate surface area is 136 Å². The predicted octanol–water partition coefficient (Wildman–Crippen LogP) is 4.27. The Balaban J connectivity index is 2.13. The van der Waals surface area contributed by atoms with Crippen molar-refractivity contribution in [3.8, 4) is 0 Å². The summed E-state index contributed by atoms with van der Waals surface area (Å²) in [4.78, 5) is 3.76. The van der Waals surface area contributed by atoms with E-state index in [4.69, 9.17) is 17.3 Å². The molecule has 0 aliphatic rings. The lowest BCUT2D eigenvalue weighted by Crippen LogP contribution is -2.38. The van der Waals surface area contributed by atoms with Crippen molar-refractivity contribution in [1.82, 2.24) is 4.90 Å². The SMILES string of the molecule is Cc1ccc(C(CN)N(C)C(C)Cc2cccs2)cc1Cl. The molecule has 1 aromatic carbocycles. The average Bonchev–Trinajstić information content (AvgIpc) is 2.96. The summed E-state index contributed by atoms with van der Waals surface area (Å²) >= 11 is 8.07. The van der Waals surface area contributed by atoms with Gasteiger partial charge in [-0.2, -0.15) is 0 Å². The highest BCUT2D eigenvalue weighted by atomic mass is 35.5. The van der Waals surface area contributed by atoms with E-state index in [1.807, 2.05) is 24.3 Å². The van der Waals surface area contributed by atoms with E-state index in [-0.39, 0.29) is 6.04 Å². The Morgan fingerprint density at radius 2 is 2.10 bits per heavy atom. The second-order valence-electron chi connectivity index (χ2n) is 5.56. The second kappa shape index (κ2) is 7.41. The summed E-state index contributed by atoms with van der Waals surface area (Å²) in [6.07, 6.45) is 1.05. The van der Waals surface area contributed by atoms with Gasteiger partial charge < -0.3 is 5.73 Å². The zero-order valence-corrected chi connectivity index (χ0v) is 14.4. The van der Waals surface area contributed by atoms with E-state index >= 15 is 0 Å². The molecule has 0 spiro atoms. The molecule has 21 heavy (non-hydrogen) atoms. The molecule has 114 valence electrons. The van der Waals surface area contributed by atoms with E-state index in [0.717, 1.165) is 17.0 Å². The monoisotopic (exact) mass is 322 g/mol. The minimum Gasteiger partial charge on any atom is -0.329 e. The highest BCUT2D eigenvalue weighted by Crippen LogP contribution is 2.26. The molecule has 2 unspecified atom stereocenters. The van der Waals surface area contributed by atoms with Crippen molar-refractivity contribution in [1.29, 1.82) is 0 Å². The van der Waals surface area contributed by atoms with Crippen molar-refractivity contribution >= 4 is 22.9 Å². The molecular formula is C17H23ClN2S. The van der Waals surface area contributed by atoms with E-state index in [9.17, 15) is 0 Å². The molecule has 0 saturated heterocycles. The molecule has 4 heteroatoms. The summed E-state index contributed by atoms with van der Waals surface area (Å²) < 4.78 is 0. The Bertz CT molecular complexity index is 568. The maximum atomic E-state index is 6.26. The number of halogens is 1. The topological polar surface area (TPSA) is 29.3 Å². The Morgan fingerprint density at radius 3 is 2.67 bits per heavy atom. The van der Waals surface area contributed by atoms with Gasteiger partial charge in [-0.25, -0.2) is 0 Å². The lowest BCUT2D eigenvalue weighted by atomic mass is 10.0. The van der Waals surface area contributed by atoms with E-state index in [2.05, 4.69) is 48.5 Å². The Kier molecular flexibility index (Phi) is 5.82. The molecule has 0 radical (unpaired) electrons. The first-order valence-corrected chi connectivity index (χ1v) is 8.49. The van der Waals surface area contributed by atoms with Gasteiger partial charge in [0, 0.05) is 28.5 Å². The number of hydrogen-bond acceptors (Lipinski definition) is 3. The number of aryl methyl sites for hydroxylation is 1. The van der Waals surface area contributed by atoms with E-state index in [0.29, 0.717) is 12.6 Å². The molecular weight excluding hydrogens is 300 g/mol. The van der Waals surface area contributed by atoms with Crippen LogP contribution in [0, 0.1) is 6.92 Å². The minimum atomic E-state index is 0.193. The van der Waals surface area contributed by atoms with E-state index < -0.39 is 0 Å². The van der Waals surface area contributed by atoms with Gasteiger partial charge in [-0.1, -0.05) is 29.8 Å². The molecule has 0 fully saturated rings. The molecule has 0 aliphatic heterocycles. The van der Waals surface area contributed by atoms with Crippen molar-refractivity contribution in [3.05, 3.63) is 56.7 Å². The number of rotatable bonds is 6. The van der Waals surface area contributed by atoms with Gasteiger partial charge in [-0.05, 0) is 56.0 Å². The summed E-state index contributed by atoms with van der Waals surface area (Å²) in [7, 11) is 2.14.